The molecule has 2 rings (SSSR count). The molecular formula is C14H18N2O2S. The highest BCUT2D eigenvalue weighted by atomic mass is 32.2. The second-order valence-electron chi connectivity index (χ2n) is 5.07. The summed E-state index contributed by atoms with van der Waals surface area (Å²) in [5, 5.41) is 9.08. The summed E-state index contributed by atoms with van der Waals surface area (Å²) in [6, 6.07) is 8.34. The monoisotopic (exact) mass is 278 g/mol. The first-order valence-corrected chi connectivity index (χ1v) is 7.95. The summed E-state index contributed by atoms with van der Waals surface area (Å²) in [4.78, 5) is 0.123. The van der Waals surface area contributed by atoms with Gasteiger partial charge in [0.05, 0.1) is 10.5 Å². The smallest absolute Gasteiger partial charge is 0.207 e. The summed E-state index contributed by atoms with van der Waals surface area (Å²) in [5.41, 5.74) is 0.215. The average Bonchev–Trinajstić information content (AvgIpc) is 2.38. The third-order valence-corrected chi connectivity index (χ3v) is 5.86. The first kappa shape index (κ1) is 14.0. The van der Waals surface area contributed by atoms with E-state index in [-0.39, 0.29) is 22.5 Å². The van der Waals surface area contributed by atoms with Crippen molar-refractivity contribution < 1.29 is 8.42 Å². The van der Waals surface area contributed by atoms with E-state index in [1.807, 2.05) is 19.9 Å². The molecule has 1 aliphatic heterocycles. The summed E-state index contributed by atoms with van der Waals surface area (Å²) in [6.45, 7) is 3.87. The molecular weight excluding hydrogens is 260 g/mol. The number of nitrogens with zero attached hydrogens (tertiary/aromatic N) is 2. The lowest BCUT2D eigenvalue weighted by Gasteiger charge is -2.37. The summed E-state index contributed by atoms with van der Waals surface area (Å²) >= 11 is 0. The number of piperidine rings is 1. The van der Waals surface area contributed by atoms with Crippen molar-refractivity contribution in [2.45, 2.75) is 50.1 Å². The topological polar surface area (TPSA) is 61.2 Å². The minimum absolute atomic E-state index is 0.0134. The molecule has 19 heavy (non-hydrogen) atoms. The Bertz CT molecular complexity index is 594. The van der Waals surface area contributed by atoms with Gasteiger partial charge in [0.15, 0.2) is 0 Å². The molecule has 1 fully saturated rings. The van der Waals surface area contributed by atoms with Crippen LogP contribution in [0, 0.1) is 11.3 Å². The Labute approximate surface area is 114 Å². The van der Waals surface area contributed by atoms with E-state index in [0.29, 0.717) is 0 Å². The van der Waals surface area contributed by atoms with E-state index in [1.54, 1.807) is 22.5 Å². The highest BCUT2D eigenvalue weighted by Crippen LogP contribution is 2.30. The van der Waals surface area contributed by atoms with Crippen molar-refractivity contribution in [2.24, 2.45) is 0 Å². The van der Waals surface area contributed by atoms with Gasteiger partial charge in [-0.3, -0.25) is 0 Å². The van der Waals surface area contributed by atoms with Gasteiger partial charge in [-0.15, -0.1) is 0 Å². The van der Waals surface area contributed by atoms with Crippen molar-refractivity contribution in [1.29, 1.82) is 5.26 Å². The van der Waals surface area contributed by atoms with Crippen LogP contribution >= 0.6 is 0 Å². The Morgan fingerprint density at radius 2 is 1.79 bits per heavy atom. The highest BCUT2D eigenvalue weighted by Gasteiger charge is 2.36. The molecule has 1 saturated heterocycles. The number of nitriles is 1. The van der Waals surface area contributed by atoms with E-state index in [9.17, 15) is 8.42 Å². The maximum Gasteiger partial charge on any atom is 0.244 e. The molecule has 0 aliphatic carbocycles. The predicted octanol–water partition coefficient (Wildman–Crippen LogP) is 2.51. The van der Waals surface area contributed by atoms with Crippen LogP contribution in [0.25, 0.3) is 0 Å². The molecule has 5 heteroatoms. The maximum absolute atomic E-state index is 12.8. The van der Waals surface area contributed by atoms with Crippen molar-refractivity contribution in [1.82, 2.24) is 4.31 Å². The normalized spacial score (nSPS) is 24.9. The minimum atomic E-state index is -3.59. The fourth-order valence-corrected chi connectivity index (χ4v) is 4.80. The molecule has 0 radical (unpaired) electrons. The maximum atomic E-state index is 12.8. The SMILES string of the molecule is C[C@@H]1CCC[C@H](C)N1S(=O)(=O)c1ccccc1C#N. The average molecular weight is 278 g/mol. The standard InChI is InChI=1S/C14H18N2O2S/c1-11-6-5-7-12(2)16(11)19(17,18)14-9-4-3-8-13(14)10-15/h3-4,8-9,11-12H,5-7H2,1-2H3/t11-,12+. The van der Waals surface area contributed by atoms with Gasteiger partial charge in [-0.2, -0.15) is 9.57 Å². The van der Waals surface area contributed by atoms with E-state index in [0.717, 1.165) is 19.3 Å². The van der Waals surface area contributed by atoms with Gasteiger partial charge in [-0.05, 0) is 38.8 Å². The Morgan fingerprint density at radius 1 is 1.21 bits per heavy atom. The number of hydrogen-bond donors (Lipinski definition) is 0. The largest absolute Gasteiger partial charge is 0.244 e. The van der Waals surface area contributed by atoms with E-state index in [1.165, 1.54) is 6.07 Å². The van der Waals surface area contributed by atoms with E-state index >= 15 is 0 Å². The van der Waals surface area contributed by atoms with Gasteiger partial charge in [0.25, 0.3) is 0 Å². The number of sulfonamides is 1. The van der Waals surface area contributed by atoms with E-state index < -0.39 is 10.0 Å². The van der Waals surface area contributed by atoms with Crippen LogP contribution in [0.1, 0.15) is 38.7 Å². The van der Waals surface area contributed by atoms with Crippen molar-refractivity contribution in [3.05, 3.63) is 29.8 Å². The summed E-state index contributed by atoms with van der Waals surface area (Å²) in [7, 11) is -3.59. The molecule has 102 valence electrons. The Kier molecular flexibility index (Phi) is 3.93. The molecule has 2 atom stereocenters. The number of hydrogen-bond acceptors (Lipinski definition) is 3. The second kappa shape index (κ2) is 5.32. The van der Waals surface area contributed by atoms with Crippen LogP contribution in [0.2, 0.25) is 0 Å². The molecule has 1 aromatic carbocycles. The van der Waals surface area contributed by atoms with Gasteiger partial charge in [-0.1, -0.05) is 18.6 Å². The Hall–Kier alpha value is -1.38. The molecule has 0 N–H and O–H groups in total. The number of rotatable bonds is 2. The van der Waals surface area contributed by atoms with Crippen LogP contribution in [0.15, 0.2) is 29.2 Å². The van der Waals surface area contributed by atoms with Gasteiger partial charge >= 0.3 is 0 Å². The third-order valence-electron chi connectivity index (χ3n) is 3.68. The van der Waals surface area contributed by atoms with Gasteiger partial charge in [0.1, 0.15) is 6.07 Å². The van der Waals surface area contributed by atoms with Gasteiger partial charge in [0.2, 0.25) is 10.0 Å². The lowest BCUT2D eigenvalue weighted by Crippen LogP contribution is -2.47. The van der Waals surface area contributed by atoms with Crippen LogP contribution in [0.4, 0.5) is 0 Å². The van der Waals surface area contributed by atoms with E-state index in [4.69, 9.17) is 5.26 Å². The Morgan fingerprint density at radius 3 is 2.37 bits per heavy atom. The molecule has 1 heterocycles. The lowest BCUT2D eigenvalue weighted by molar-refractivity contribution is 0.204. The van der Waals surface area contributed by atoms with Crippen LogP contribution in [0.3, 0.4) is 0 Å². The Balaban J connectivity index is 2.50. The molecule has 0 saturated carbocycles. The zero-order chi connectivity index (χ0) is 14.0. The van der Waals surface area contributed by atoms with Crippen LogP contribution in [0.5, 0.6) is 0 Å². The lowest BCUT2D eigenvalue weighted by atomic mass is 10.0. The molecule has 0 aromatic heterocycles. The third kappa shape index (κ3) is 2.51. The van der Waals surface area contributed by atoms with Gasteiger partial charge < -0.3 is 0 Å². The van der Waals surface area contributed by atoms with Crippen LogP contribution in [-0.2, 0) is 10.0 Å². The van der Waals surface area contributed by atoms with Crippen molar-refractivity contribution in [3.8, 4) is 6.07 Å². The van der Waals surface area contributed by atoms with Gasteiger partial charge in [-0.25, -0.2) is 8.42 Å². The molecule has 1 aromatic rings. The summed E-state index contributed by atoms with van der Waals surface area (Å²) < 4.78 is 27.1. The predicted molar refractivity (Wildman–Crippen MR) is 73.0 cm³/mol. The first-order valence-electron chi connectivity index (χ1n) is 6.51. The highest BCUT2D eigenvalue weighted by molar-refractivity contribution is 7.89. The van der Waals surface area contributed by atoms with Crippen molar-refractivity contribution in [3.63, 3.8) is 0 Å². The van der Waals surface area contributed by atoms with Crippen LogP contribution < -0.4 is 0 Å². The van der Waals surface area contributed by atoms with E-state index in [2.05, 4.69) is 0 Å². The fourth-order valence-electron chi connectivity index (χ4n) is 2.77. The summed E-state index contributed by atoms with van der Waals surface area (Å²) in [6.07, 6.45) is 2.80. The summed E-state index contributed by atoms with van der Waals surface area (Å²) in [5.74, 6) is 0. The minimum Gasteiger partial charge on any atom is -0.207 e. The van der Waals surface area contributed by atoms with Crippen LogP contribution in [-0.4, -0.2) is 24.8 Å². The molecule has 0 unspecified atom stereocenters. The zero-order valence-electron chi connectivity index (χ0n) is 11.2. The van der Waals surface area contributed by atoms with Gasteiger partial charge in [0, 0.05) is 12.1 Å². The molecule has 1 aliphatic rings. The molecule has 0 spiro atoms. The molecule has 4 nitrogen and oxygen atoms in total. The molecule has 0 amide bonds. The number of benzene rings is 1. The molecule has 0 bridgehead atoms. The fraction of sp³-hybridized carbons (Fsp3) is 0.500. The zero-order valence-corrected chi connectivity index (χ0v) is 12.0. The second-order valence-corrected chi connectivity index (χ2v) is 6.88. The van der Waals surface area contributed by atoms with Crippen molar-refractivity contribution in [2.75, 3.05) is 0 Å². The first-order chi connectivity index (χ1) is 8.98. The van der Waals surface area contributed by atoms with Crippen molar-refractivity contribution >= 4 is 10.0 Å². The quantitative estimate of drug-likeness (QED) is 0.835.